The van der Waals surface area contributed by atoms with Crippen LogP contribution in [0, 0.1) is 6.92 Å². The number of hydrogen-bond donors (Lipinski definition) is 0. The Morgan fingerprint density at radius 1 is 0.491 bits per heavy atom. The minimum Gasteiger partial charge on any atom is -0.264 e. The summed E-state index contributed by atoms with van der Waals surface area (Å²) in [5, 5.41) is 0. The minimum atomic E-state index is 0.155. The van der Waals surface area contributed by atoms with Crippen LogP contribution in [0.2, 0.25) is 0 Å². The molecule has 53 heavy (non-hydrogen) atoms. The van der Waals surface area contributed by atoms with E-state index in [-0.39, 0.29) is 5.92 Å². The lowest BCUT2D eigenvalue weighted by atomic mass is 9.88. The third-order valence-corrected chi connectivity index (χ3v) is 11.2. The molecule has 0 bridgehead atoms. The lowest BCUT2D eigenvalue weighted by molar-refractivity contribution is 1.00. The highest BCUT2D eigenvalue weighted by atomic mass is 14.6. The standard InChI is InChI=1S/C52H37N/c1-34-11-5-7-15-41(34)42-16-8-6-14-40(42)29-36-21-25-45-48(43-17-9-10-18-44(43)49(45)31-36)30-35-19-22-38(23-20-35)52-47-26-24-39(37-12-3-2-4-13-37)32-50(47)46-27-28-53-33-51(46)52/h2-28,30-33,52H,29H2,1H3/b48-30-. The SMILES string of the molecule is Cc1ccccc1-c1ccccc1Cc1ccc2c(c1)-c1ccccc1/C2=C/c1ccc(C2c3ccc(-c4ccccc4)cc3-c3ccncc32)cc1. The second-order valence-electron chi connectivity index (χ2n) is 14.4. The second kappa shape index (κ2) is 12.9. The van der Waals surface area contributed by atoms with Gasteiger partial charge in [-0.3, -0.25) is 4.98 Å². The Balaban J connectivity index is 0.982. The van der Waals surface area contributed by atoms with Crippen LogP contribution in [0.15, 0.2) is 182 Å². The van der Waals surface area contributed by atoms with Gasteiger partial charge in [0, 0.05) is 18.3 Å². The van der Waals surface area contributed by atoms with Crippen LogP contribution in [0.5, 0.6) is 0 Å². The van der Waals surface area contributed by atoms with Gasteiger partial charge in [-0.05, 0) is 132 Å². The molecule has 0 amide bonds. The third-order valence-electron chi connectivity index (χ3n) is 11.2. The van der Waals surface area contributed by atoms with Crippen LogP contribution < -0.4 is 0 Å². The molecule has 0 aliphatic heterocycles. The van der Waals surface area contributed by atoms with Gasteiger partial charge in [-0.2, -0.15) is 0 Å². The molecule has 0 spiro atoms. The maximum Gasteiger partial charge on any atom is 0.0367 e. The van der Waals surface area contributed by atoms with Gasteiger partial charge >= 0.3 is 0 Å². The van der Waals surface area contributed by atoms with Crippen molar-refractivity contribution in [1.82, 2.24) is 4.98 Å². The molecule has 0 fully saturated rings. The Hall–Kier alpha value is -6.57. The van der Waals surface area contributed by atoms with E-state index in [1.54, 1.807) is 0 Å². The van der Waals surface area contributed by atoms with Crippen molar-refractivity contribution in [2.45, 2.75) is 19.3 Å². The highest BCUT2D eigenvalue weighted by Gasteiger charge is 2.30. The Kier molecular flexibility index (Phi) is 7.58. The van der Waals surface area contributed by atoms with Gasteiger partial charge in [-0.15, -0.1) is 0 Å². The number of pyridine rings is 1. The van der Waals surface area contributed by atoms with E-state index in [1.807, 2.05) is 6.20 Å². The maximum atomic E-state index is 4.57. The predicted molar refractivity (Wildman–Crippen MR) is 221 cm³/mol. The van der Waals surface area contributed by atoms with Crippen LogP contribution in [0.1, 0.15) is 56.0 Å². The predicted octanol–water partition coefficient (Wildman–Crippen LogP) is 13.0. The summed E-state index contributed by atoms with van der Waals surface area (Å²) in [4.78, 5) is 4.57. The summed E-state index contributed by atoms with van der Waals surface area (Å²) in [7, 11) is 0. The van der Waals surface area contributed by atoms with E-state index in [0.29, 0.717) is 0 Å². The van der Waals surface area contributed by atoms with E-state index < -0.39 is 0 Å². The topological polar surface area (TPSA) is 12.9 Å². The molecule has 1 unspecified atom stereocenters. The molecule has 1 heteroatoms. The van der Waals surface area contributed by atoms with Crippen molar-refractivity contribution in [1.29, 1.82) is 0 Å². The summed E-state index contributed by atoms with van der Waals surface area (Å²) in [6.07, 6.45) is 7.23. The first-order valence-corrected chi connectivity index (χ1v) is 18.5. The monoisotopic (exact) mass is 675 g/mol. The fourth-order valence-electron chi connectivity index (χ4n) is 8.66. The van der Waals surface area contributed by atoms with Crippen LogP contribution in [0.3, 0.4) is 0 Å². The first-order valence-electron chi connectivity index (χ1n) is 18.5. The van der Waals surface area contributed by atoms with Crippen molar-refractivity contribution in [3.8, 4) is 44.5 Å². The van der Waals surface area contributed by atoms with Crippen molar-refractivity contribution in [2.75, 3.05) is 0 Å². The van der Waals surface area contributed by atoms with Crippen molar-refractivity contribution in [3.63, 3.8) is 0 Å². The van der Waals surface area contributed by atoms with E-state index in [0.717, 1.165) is 6.42 Å². The highest BCUT2D eigenvalue weighted by Crippen LogP contribution is 2.49. The fraction of sp³-hybridized carbons (Fsp3) is 0.0577. The molecule has 0 radical (unpaired) electrons. The molecule has 2 aliphatic carbocycles. The largest absolute Gasteiger partial charge is 0.264 e. The van der Waals surface area contributed by atoms with E-state index in [2.05, 4.69) is 194 Å². The molecular formula is C52H37N. The van der Waals surface area contributed by atoms with Gasteiger partial charge in [0.25, 0.3) is 0 Å². The molecule has 1 atom stereocenters. The zero-order chi connectivity index (χ0) is 35.3. The summed E-state index contributed by atoms with van der Waals surface area (Å²) in [6.45, 7) is 2.20. The first-order chi connectivity index (χ1) is 26.2. The zero-order valence-corrected chi connectivity index (χ0v) is 29.6. The summed E-state index contributed by atoms with van der Waals surface area (Å²) >= 11 is 0. The highest BCUT2D eigenvalue weighted by molar-refractivity contribution is 6.06. The van der Waals surface area contributed by atoms with E-state index in [9.17, 15) is 0 Å². The van der Waals surface area contributed by atoms with Gasteiger partial charge in [-0.1, -0.05) is 158 Å². The van der Waals surface area contributed by atoms with E-state index in [1.165, 1.54) is 100 Å². The van der Waals surface area contributed by atoms with Crippen molar-refractivity contribution < 1.29 is 0 Å². The second-order valence-corrected chi connectivity index (χ2v) is 14.4. The molecule has 1 aromatic heterocycles. The van der Waals surface area contributed by atoms with Crippen molar-refractivity contribution in [2.24, 2.45) is 0 Å². The molecule has 10 rings (SSSR count). The number of aryl methyl sites for hydroxylation is 1. The average molecular weight is 676 g/mol. The fourth-order valence-corrected chi connectivity index (χ4v) is 8.66. The molecule has 2 aliphatic rings. The third kappa shape index (κ3) is 5.45. The summed E-state index contributed by atoms with van der Waals surface area (Å²) in [6, 6.07) is 62.4. The van der Waals surface area contributed by atoms with Crippen molar-refractivity contribution in [3.05, 3.63) is 232 Å². The minimum absolute atomic E-state index is 0.155. The normalized spacial score (nSPS) is 14.4. The Bertz CT molecular complexity index is 2700. The molecule has 8 aromatic rings. The van der Waals surface area contributed by atoms with Crippen molar-refractivity contribution >= 4 is 11.6 Å². The van der Waals surface area contributed by atoms with Gasteiger partial charge in [-0.25, -0.2) is 0 Å². The number of benzene rings is 7. The average Bonchev–Trinajstić information content (AvgIpc) is 3.71. The van der Waals surface area contributed by atoms with Gasteiger partial charge in [0.15, 0.2) is 0 Å². The number of nitrogens with zero attached hydrogens (tertiary/aromatic N) is 1. The van der Waals surface area contributed by atoms with Crippen LogP contribution in [-0.2, 0) is 6.42 Å². The molecule has 250 valence electrons. The number of hydrogen-bond acceptors (Lipinski definition) is 1. The Morgan fingerprint density at radius 3 is 2.04 bits per heavy atom. The van der Waals surface area contributed by atoms with Crippen LogP contribution in [-0.4, -0.2) is 4.98 Å². The molecule has 0 saturated heterocycles. The Morgan fingerprint density at radius 2 is 1.21 bits per heavy atom. The van der Waals surface area contributed by atoms with Crippen LogP contribution >= 0.6 is 0 Å². The summed E-state index contributed by atoms with van der Waals surface area (Å²) in [5.41, 5.74) is 23.3. The van der Waals surface area contributed by atoms with Gasteiger partial charge in [0.2, 0.25) is 0 Å². The molecule has 1 nitrogen and oxygen atoms in total. The molecular weight excluding hydrogens is 639 g/mol. The van der Waals surface area contributed by atoms with E-state index in [4.69, 9.17) is 0 Å². The number of fused-ring (bicyclic) bond motifs is 6. The smallest absolute Gasteiger partial charge is 0.0367 e. The van der Waals surface area contributed by atoms with Gasteiger partial charge < -0.3 is 0 Å². The van der Waals surface area contributed by atoms with E-state index >= 15 is 0 Å². The van der Waals surface area contributed by atoms with Gasteiger partial charge in [0.05, 0.1) is 0 Å². The molecule has 0 N–H and O–H groups in total. The van der Waals surface area contributed by atoms with Gasteiger partial charge in [0.1, 0.15) is 0 Å². The summed E-state index contributed by atoms with van der Waals surface area (Å²) in [5.74, 6) is 0.155. The lowest BCUT2D eigenvalue weighted by Crippen LogP contribution is -1.99. The summed E-state index contributed by atoms with van der Waals surface area (Å²) < 4.78 is 0. The molecule has 7 aromatic carbocycles. The molecule has 1 heterocycles. The van der Waals surface area contributed by atoms with Crippen LogP contribution in [0.4, 0.5) is 0 Å². The maximum absolute atomic E-state index is 4.57. The lowest BCUT2D eigenvalue weighted by Gasteiger charge is -2.15. The number of rotatable bonds is 6. The Labute approximate surface area is 311 Å². The molecule has 0 saturated carbocycles. The quantitative estimate of drug-likeness (QED) is 0.171. The number of aromatic nitrogens is 1. The zero-order valence-electron chi connectivity index (χ0n) is 29.6. The first kappa shape index (κ1) is 31.2. The van der Waals surface area contributed by atoms with Crippen LogP contribution in [0.25, 0.3) is 56.2 Å².